The molecule has 0 unspecified atom stereocenters. The number of unbranched alkanes of at least 4 members (excludes halogenated alkanes) is 1. The Morgan fingerprint density at radius 1 is 1.44 bits per heavy atom. The first-order valence-electron chi connectivity index (χ1n) is 5.51. The first-order chi connectivity index (χ1) is 8.43. The highest BCUT2D eigenvalue weighted by Crippen LogP contribution is 2.34. The van der Waals surface area contributed by atoms with Gasteiger partial charge in [-0.2, -0.15) is 18.3 Å². The number of aromatic amines is 1. The van der Waals surface area contributed by atoms with Crippen LogP contribution in [-0.4, -0.2) is 10.2 Å². The molecule has 0 aliphatic rings. The summed E-state index contributed by atoms with van der Waals surface area (Å²) in [5.41, 5.74) is -1.61. The van der Waals surface area contributed by atoms with Crippen LogP contribution in [0.4, 0.5) is 13.2 Å². The van der Waals surface area contributed by atoms with Gasteiger partial charge in [-0.15, -0.1) is 0 Å². The normalized spacial score (nSPS) is 12.2. The van der Waals surface area contributed by atoms with E-state index in [1.54, 1.807) is 0 Å². The van der Waals surface area contributed by atoms with Gasteiger partial charge in [0.05, 0.1) is 5.39 Å². The van der Waals surface area contributed by atoms with Crippen molar-refractivity contribution >= 4 is 11.1 Å². The van der Waals surface area contributed by atoms with Crippen LogP contribution >= 0.6 is 0 Å². The number of H-pyrrole nitrogens is 1. The van der Waals surface area contributed by atoms with Crippen molar-refractivity contribution in [2.45, 2.75) is 32.4 Å². The Balaban J connectivity index is 2.66. The topological polar surface area (TPSA) is 58.9 Å². The van der Waals surface area contributed by atoms with Gasteiger partial charge in [0, 0.05) is 6.07 Å². The second kappa shape index (κ2) is 4.47. The van der Waals surface area contributed by atoms with Gasteiger partial charge >= 0.3 is 11.8 Å². The van der Waals surface area contributed by atoms with Crippen molar-refractivity contribution in [1.82, 2.24) is 10.2 Å². The van der Waals surface area contributed by atoms with Crippen LogP contribution < -0.4 is 5.63 Å². The minimum atomic E-state index is -4.57. The fourth-order valence-corrected chi connectivity index (χ4v) is 1.81. The van der Waals surface area contributed by atoms with E-state index in [9.17, 15) is 18.0 Å². The largest absolute Gasteiger partial charge is 0.435 e. The predicted octanol–water partition coefficient (Wildman–Crippen LogP) is 2.88. The van der Waals surface area contributed by atoms with Crippen LogP contribution in [0.3, 0.4) is 0 Å². The second-order valence-corrected chi connectivity index (χ2v) is 3.97. The Morgan fingerprint density at radius 2 is 2.17 bits per heavy atom. The molecule has 2 heterocycles. The quantitative estimate of drug-likeness (QED) is 0.923. The summed E-state index contributed by atoms with van der Waals surface area (Å²) >= 11 is 0. The van der Waals surface area contributed by atoms with Gasteiger partial charge in [0.25, 0.3) is 0 Å². The summed E-state index contributed by atoms with van der Waals surface area (Å²) in [5, 5.41) is 5.17. The third-order valence-electron chi connectivity index (χ3n) is 2.62. The van der Waals surface area contributed by atoms with E-state index < -0.39 is 17.5 Å². The number of fused-ring (bicyclic) bond motifs is 1. The minimum absolute atomic E-state index is 0.143. The average molecular weight is 260 g/mol. The molecule has 0 aliphatic heterocycles. The second-order valence-electron chi connectivity index (χ2n) is 3.97. The molecule has 0 atom stereocenters. The number of nitrogens with zero attached hydrogens (tertiary/aromatic N) is 1. The summed E-state index contributed by atoms with van der Waals surface area (Å²) in [4.78, 5) is 11.2. The molecule has 0 aliphatic carbocycles. The van der Waals surface area contributed by atoms with Gasteiger partial charge in [-0.1, -0.05) is 13.3 Å². The fourth-order valence-electron chi connectivity index (χ4n) is 1.81. The lowest BCUT2D eigenvalue weighted by Crippen LogP contribution is -2.08. The van der Waals surface area contributed by atoms with E-state index in [4.69, 9.17) is 0 Å². The van der Waals surface area contributed by atoms with Crippen LogP contribution in [0.1, 0.15) is 31.0 Å². The Kier molecular flexibility index (Phi) is 3.14. The predicted molar refractivity (Wildman–Crippen MR) is 58.2 cm³/mol. The monoisotopic (exact) mass is 260 g/mol. The van der Waals surface area contributed by atoms with Gasteiger partial charge in [-0.05, 0) is 18.4 Å². The van der Waals surface area contributed by atoms with E-state index in [1.807, 2.05) is 6.92 Å². The van der Waals surface area contributed by atoms with Crippen LogP contribution in [-0.2, 0) is 12.6 Å². The number of nitrogens with one attached hydrogen (secondary N) is 1. The molecule has 0 radical (unpaired) electrons. The molecule has 4 nitrogen and oxygen atoms in total. The van der Waals surface area contributed by atoms with Gasteiger partial charge in [0.2, 0.25) is 5.71 Å². The van der Waals surface area contributed by atoms with Crippen molar-refractivity contribution in [3.63, 3.8) is 0 Å². The molecule has 0 saturated carbocycles. The number of rotatable bonds is 3. The summed E-state index contributed by atoms with van der Waals surface area (Å²) in [7, 11) is 0. The Morgan fingerprint density at radius 3 is 2.78 bits per heavy atom. The van der Waals surface area contributed by atoms with Crippen molar-refractivity contribution in [3.8, 4) is 0 Å². The molecule has 0 saturated heterocycles. The summed E-state index contributed by atoms with van der Waals surface area (Å²) in [6.45, 7) is 1.92. The molecular weight excluding hydrogens is 249 g/mol. The molecule has 0 amide bonds. The van der Waals surface area contributed by atoms with E-state index in [2.05, 4.69) is 14.6 Å². The van der Waals surface area contributed by atoms with E-state index in [0.29, 0.717) is 18.4 Å². The Hall–Kier alpha value is -1.79. The van der Waals surface area contributed by atoms with Crippen molar-refractivity contribution in [1.29, 1.82) is 0 Å². The van der Waals surface area contributed by atoms with Gasteiger partial charge in [0.1, 0.15) is 0 Å². The third kappa shape index (κ3) is 2.25. The first kappa shape index (κ1) is 12.7. The van der Waals surface area contributed by atoms with E-state index >= 15 is 0 Å². The lowest BCUT2D eigenvalue weighted by Gasteiger charge is -2.05. The summed E-state index contributed by atoms with van der Waals surface area (Å²) < 4.78 is 42.9. The molecular formula is C11H11F3N2O2. The summed E-state index contributed by atoms with van der Waals surface area (Å²) in [6, 6.07) is 1.10. The molecule has 0 fully saturated rings. The molecule has 7 heteroatoms. The van der Waals surface area contributed by atoms with Crippen LogP contribution in [0.25, 0.3) is 11.1 Å². The SMILES string of the molecule is CCCCc1cc(=O)oc2[nH]nc(C(F)(F)F)c12. The van der Waals surface area contributed by atoms with Gasteiger partial charge < -0.3 is 4.42 Å². The maximum absolute atomic E-state index is 12.8. The number of hydrogen-bond acceptors (Lipinski definition) is 3. The zero-order valence-corrected chi connectivity index (χ0v) is 9.60. The zero-order chi connectivity index (χ0) is 13.3. The molecule has 2 aromatic rings. The summed E-state index contributed by atoms with van der Waals surface area (Å²) in [6.07, 6.45) is -2.66. The number of hydrogen-bond donors (Lipinski definition) is 1. The van der Waals surface area contributed by atoms with Gasteiger partial charge in [0.15, 0.2) is 5.69 Å². The Bertz CT molecular complexity index is 613. The highest BCUT2D eigenvalue weighted by Gasteiger charge is 2.37. The number of aryl methyl sites for hydroxylation is 1. The standard InChI is InChI=1S/C11H11F3N2O2/c1-2-3-4-6-5-7(17)18-10-8(6)9(15-16-10)11(12,13)14/h5H,2-4H2,1H3,(H,15,16). The molecule has 0 aromatic carbocycles. The zero-order valence-electron chi connectivity index (χ0n) is 9.60. The molecule has 0 spiro atoms. The number of halogens is 3. The molecule has 98 valence electrons. The summed E-state index contributed by atoms with van der Waals surface area (Å²) in [5.74, 6) is 0. The van der Waals surface area contributed by atoms with Crippen molar-refractivity contribution in [2.24, 2.45) is 0 Å². The van der Waals surface area contributed by atoms with E-state index in [0.717, 1.165) is 12.5 Å². The third-order valence-corrected chi connectivity index (χ3v) is 2.62. The molecule has 0 bridgehead atoms. The Labute approximate surface area is 99.8 Å². The fraction of sp³-hybridized carbons (Fsp3) is 0.455. The van der Waals surface area contributed by atoms with E-state index in [1.165, 1.54) is 0 Å². The van der Waals surface area contributed by atoms with Gasteiger partial charge in [-0.3, -0.25) is 0 Å². The number of aromatic nitrogens is 2. The molecule has 1 N–H and O–H groups in total. The van der Waals surface area contributed by atoms with Crippen LogP contribution in [0, 0.1) is 0 Å². The van der Waals surface area contributed by atoms with Crippen LogP contribution in [0.2, 0.25) is 0 Å². The van der Waals surface area contributed by atoms with E-state index in [-0.39, 0.29) is 11.1 Å². The average Bonchev–Trinajstić information content (AvgIpc) is 2.68. The minimum Gasteiger partial charge on any atom is -0.404 e. The van der Waals surface area contributed by atoms with Crippen molar-refractivity contribution in [3.05, 3.63) is 27.7 Å². The van der Waals surface area contributed by atoms with Crippen LogP contribution in [0.15, 0.2) is 15.3 Å². The highest BCUT2D eigenvalue weighted by atomic mass is 19.4. The van der Waals surface area contributed by atoms with Crippen molar-refractivity contribution < 1.29 is 17.6 Å². The maximum Gasteiger partial charge on any atom is 0.435 e. The lowest BCUT2D eigenvalue weighted by atomic mass is 10.1. The van der Waals surface area contributed by atoms with Crippen LogP contribution in [0.5, 0.6) is 0 Å². The molecule has 18 heavy (non-hydrogen) atoms. The highest BCUT2D eigenvalue weighted by molar-refractivity contribution is 5.80. The lowest BCUT2D eigenvalue weighted by molar-refractivity contribution is -0.140. The molecule has 2 aromatic heterocycles. The molecule has 2 rings (SSSR count). The van der Waals surface area contributed by atoms with Gasteiger partial charge in [-0.25, -0.2) is 9.89 Å². The number of alkyl halides is 3. The smallest absolute Gasteiger partial charge is 0.404 e. The maximum atomic E-state index is 12.8. The van der Waals surface area contributed by atoms with Crippen molar-refractivity contribution in [2.75, 3.05) is 0 Å². The first-order valence-corrected chi connectivity index (χ1v) is 5.51.